The minimum Gasteiger partial charge on any atom is -0.372 e. The molecular weight excluding hydrogens is 437 g/mol. The van der Waals surface area contributed by atoms with Gasteiger partial charge < -0.3 is 20.6 Å². The largest absolute Gasteiger partial charge is 0.372 e. The van der Waals surface area contributed by atoms with E-state index in [2.05, 4.69) is 0 Å². The van der Waals surface area contributed by atoms with Crippen LogP contribution in [0.15, 0.2) is 36.4 Å². The number of aliphatic hydroxyl groups is 1. The fraction of sp³-hybridized carbons (Fsp3) is 0.300. The number of anilines is 1. The van der Waals surface area contributed by atoms with E-state index in [1.54, 1.807) is 24.3 Å². The van der Waals surface area contributed by atoms with Gasteiger partial charge in [0.05, 0.1) is 10.7 Å². The van der Waals surface area contributed by atoms with Crippen LogP contribution in [0.2, 0.25) is 10.0 Å². The average molecular weight is 459 g/mol. The average Bonchev–Trinajstić information content (AvgIpc) is 2.84. The van der Waals surface area contributed by atoms with Crippen LogP contribution in [0.1, 0.15) is 27.9 Å². The number of carbonyl (C=O) groups excluding carboxylic acids is 2. The van der Waals surface area contributed by atoms with Crippen LogP contribution >= 0.6 is 35.6 Å². The quantitative estimate of drug-likeness (QED) is 0.696. The van der Waals surface area contributed by atoms with Crippen molar-refractivity contribution in [3.63, 3.8) is 0 Å². The molecule has 0 bridgehead atoms. The molecule has 2 amide bonds. The molecule has 2 aromatic rings. The summed E-state index contributed by atoms with van der Waals surface area (Å²) in [6.45, 7) is 1.09. The molecule has 0 saturated carbocycles. The first-order valence-corrected chi connectivity index (χ1v) is 9.51. The lowest BCUT2D eigenvalue weighted by Crippen LogP contribution is -2.42. The second-order valence-corrected chi connectivity index (χ2v) is 7.83. The number of nitrogens with two attached hydrogens (primary N) is 1. The summed E-state index contributed by atoms with van der Waals surface area (Å²) in [4.78, 5) is 28.5. The summed E-state index contributed by atoms with van der Waals surface area (Å²) >= 11 is 12.7. The lowest BCUT2D eigenvalue weighted by molar-refractivity contribution is -0.132. The van der Waals surface area contributed by atoms with E-state index < -0.39 is 17.4 Å². The molecule has 3 N–H and O–H groups in total. The molecule has 1 heterocycles. The van der Waals surface area contributed by atoms with Crippen molar-refractivity contribution in [2.75, 3.05) is 32.1 Å². The minimum atomic E-state index is -2.04. The van der Waals surface area contributed by atoms with Crippen LogP contribution in [-0.2, 0) is 10.4 Å². The minimum absolute atomic E-state index is 0. The van der Waals surface area contributed by atoms with Crippen LogP contribution in [0, 0.1) is 0 Å². The molecular formula is C20H22Cl3N3O3. The smallest absolute Gasteiger partial charge is 0.268 e. The van der Waals surface area contributed by atoms with Gasteiger partial charge in [0.15, 0.2) is 5.60 Å². The molecule has 9 heteroatoms. The van der Waals surface area contributed by atoms with Gasteiger partial charge in [0, 0.05) is 28.3 Å². The maximum absolute atomic E-state index is 13.4. The van der Waals surface area contributed by atoms with E-state index in [-0.39, 0.29) is 39.1 Å². The number of hydrogen-bond acceptors (Lipinski definition) is 4. The Morgan fingerprint density at radius 3 is 2.45 bits per heavy atom. The van der Waals surface area contributed by atoms with Gasteiger partial charge in [0.2, 0.25) is 5.91 Å². The van der Waals surface area contributed by atoms with Crippen LogP contribution < -0.4 is 10.6 Å². The number of rotatable bonds is 6. The second-order valence-electron chi connectivity index (χ2n) is 7.02. The van der Waals surface area contributed by atoms with E-state index in [9.17, 15) is 14.7 Å². The molecule has 0 radical (unpaired) electrons. The lowest BCUT2D eigenvalue weighted by atomic mass is 9.87. The van der Waals surface area contributed by atoms with E-state index in [1.165, 1.54) is 17.0 Å². The number of fused-ring (bicyclic) bond motifs is 1. The van der Waals surface area contributed by atoms with Gasteiger partial charge in [-0.15, -0.1) is 12.4 Å². The first-order chi connectivity index (χ1) is 13.2. The van der Waals surface area contributed by atoms with Gasteiger partial charge in [-0.2, -0.15) is 0 Å². The number of carbonyl (C=O) groups is 2. The summed E-state index contributed by atoms with van der Waals surface area (Å²) in [6, 6.07) is 9.44. The summed E-state index contributed by atoms with van der Waals surface area (Å²) in [6.07, 6.45) is 0.662. The van der Waals surface area contributed by atoms with Crippen molar-refractivity contribution in [2.45, 2.75) is 12.0 Å². The van der Waals surface area contributed by atoms with Gasteiger partial charge >= 0.3 is 0 Å². The predicted molar refractivity (Wildman–Crippen MR) is 117 cm³/mol. The summed E-state index contributed by atoms with van der Waals surface area (Å²) in [5.41, 5.74) is 4.35. The Hall–Kier alpha value is -1.83. The van der Waals surface area contributed by atoms with Crippen molar-refractivity contribution < 1.29 is 14.7 Å². The zero-order valence-corrected chi connectivity index (χ0v) is 18.3. The van der Waals surface area contributed by atoms with E-state index in [0.29, 0.717) is 18.7 Å². The Labute approximate surface area is 185 Å². The van der Waals surface area contributed by atoms with E-state index in [1.807, 2.05) is 19.0 Å². The highest BCUT2D eigenvalue weighted by molar-refractivity contribution is 6.35. The standard InChI is InChI=1S/C20H21Cl2N3O3.ClH/c1-24(2)8-5-9-25-16-11-12(18(23)26)10-15(22)17(16)20(28,19(25)27)13-6-3-4-7-14(13)21;/h3-4,6-7,10-11,28H,5,8-9H2,1-2H3,(H2,23,26);1H. The zero-order chi connectivity index (χ0) is 20.6. The Morgan fingerprint density at radius 2 is 1.86 bits per heavy atom. The summed E-state index contributed by atoms with van der Waals surface area (Å²) in [5, 5.41) is 11.9. The van der Waals surface area contributed by atoms with Crippen molar-refractivity contribution in [1.29, 1.82) is 0 Å². The molecule has 1 aliphatic heterocycles. The third-order valence-electron chi connectivity index (χ3n) is 4.81. The number of primary amides is 1. The summed E-state index contributed by atoms with van der Waals surface area (Å²) in [7, 11) is 3.86. The van der Waals surface area contributed by atoms with E-state index in [0.717, 1.165) is 6.54 Å². The predicted octanol–water partition coefficient (Wildman–Crippen LogP) is 3.05. The molecule has 0 fully saturated rings. The molecule has 2 aromatic carbocycles. The van der Waals surface area contributed by atoms with Gasteiger partial charge in [-0.1, -0.05) is 41.4 Å². The van der Waals surface area contributed by atoms with Gasteiger partial charge in [0.1, 0.15) is 0 Å². The van der Waals surface area contributed by atoms with Crippen LogP contribution in [0.3, 0.4) is 0 Å². The van der Waals surface area contributed by atoms with Crippen LogP contribution in [0.25, 0.3) is 0 Å². The number of benzene rings is 2. The topological polar surface area (TPSA) is 86.9 Å². The highest BCUT2D eigenvalue weighted by Crippen LogP contribution is 2.49. The zero-order valence-electron chi connectivity index (χ0n) is 16.0. The summed E-state index contributed by atoms with van der Waals surface area (Å²) in [5.74, 6) is -1.23. The van der Waals surface area contributed by atoms with Gasteiger partial charge in [-0.25, -0.2) is 0 Å². The number of amides is 2. The Balaban J connectivity index is 0.00000300. The number of halogens is 3. The fourth-order valence-electron chi connectivity index (χ4n) is 3.49. The van der Waals surface area contributed by atoms with Crippen LogP contribution in [0.5, 0.6) is 0 Å². The van der Waals surface area contributed by atoms with Crippen molar-refractivity contribution in [3.8, 4) is 0 Å². The Morgan fingerprint density at radius 1 is 1.21 bits per heavy atom. The molecule has 6 nitrogen and oxygen atoms in total. The lowest BCUT2D eigenvalue weighted by Gasteiger charge is -2.25. The van der Waals surface area contributed by atoms with Gasteiger partial charge in [0.25, 0.3) is 5.91 Å². The molecule has 0 spiro atoms. The fourth-order valence-corrected chi connectivity index (χ4v) is 4.11. The van der Waals surface area contributed by atoms with Crippen molar-refractivity contribution in [3.05, 3.63) is 63.1 Å². The molecule has 3 rings (SSSR count). The molecule has 0 saturated heterocycles. The van der Waals surface area contributed by atoms with E-state index >= 15 is 0 Å². The third-order valence-corrected chi connectivity index (χ3v) is 5.44. The van der Waals surface area contributed by atoms with Gasteiger partial charge in [-0.05, 0) is 45.3 Å². The normalized spacial score (nSPS) is 18.0. The first kappa shape index (κ1) is 23.4. The molecule has 0 aliphatic carbocycles. The van der Waals surface area contributed by atoms with E-state index in [4.69, 9.17) is 28.9 Å². The molecule has 1 atom stereocenters. The van der Waals surface area contributed by atoms with Crippen molar-refractivity contribution in [2.24, 2.45) is 5.73 Å². The molecule has 0 aromatic heterocycles. The highest BCUT2D eigenvalue weighted by Gasteiger charge is 2.53. The van der Waals surface area contributed by atoms with Gasteiger partial charge in [-0.3, -0.25) is 9.59 Å². The number of hydrogen-bond donors (Lipinski definition) is 2. The van der Waals surface area contributed by atoms with Crippen molar-refractivity contribution >= 4 is 53.1 Å². The van der Waals surface area contributed by atoms with Crippen LogP contribution in [-0.4, -0.2) is 49.0 Å². The molecule has 29 heavy (non-hydrogen) atoms. The number of nitrogens with zero attached hydrogens (tertiary/aromatic N) is 2. The molecule has 156 valence electrons. The summed E-state index contributed by atoms with van der Waals surface area (Å²) < 4.78 is 0. The third kappa shape index (κ3) is 4.09. The maximum Gasteiger partial charge on any atom is 0.268 e. The molecule has 1 unspecified atom stereocenters. The van der Waals surface area contributed by atoms with Crippen LogP contribution in [0.4, 0.5) is 5.69 Å². The Bertz CT molecular complexity index is 952. The first-order valence-electron chi connectivity index (χ1n) is 8.75. The maximum atomic E-state index is 13.4. The van der Waals surface area contributed by atoms with Crippen molar-refractivity contribution in [1.82, 2.24) is 4.90 Å². The molecule has 1 aliphatic rings. The monoisotopic (exact) mass is 457 g/mol. The second kappa shape index (κ2) is 8.90. The SMILES string of the molecule is CN(C)CCCN1C(=O)C(O)(c2ccccc2Cl)c2c(Cl)cc(C(N)=O)cc21.Cl. The Kier molecular flexibility index (Phi) is 7.19. The highest BCUT2D eigenvalue weighted by atomic mass is 35.5.